The Balaban J connectivity index is 2.41. The van der Waals surface area contributed by atoms with Crippen LogP contribution in [-0.2, 0) is 17.1 Å². The number of hydrogen-bond donors (Lipinski definition) is 1. The number of sulfonamides is 1. The summed E-state index contributed by atoms with van der Waals surface area (Å²) in [5.74, 6) is 0.585. The Morgan fingerprint density at radius 3 is 2.70 bits per heavy atom. The predicted octanol–water partition coefficient (Wildman–Crippen LogP) is 2.16. The van der Waals surface area contributed by atoms with Crippen molar-refractivity contribution >= 4 is 31.6 Å². The lowest BCUT2D eigenvalue weighted by Crippen LogP contribution is -2.14. The SMILES string of the molecule is Cc1nc(S(=O)(=O)Nc2ccc(Br)cc2C#N)cn1C. The first kappa shape index (κ1) is 14.6. The van der Waals surface area contributed by atoms with E-state index in [1.165, 1.54) is 12.3 Å². The number of rotatable bonds is 3. The van der Waals surface area contributed by atoms with Gasteiger partial charge in [0.2, 0.25) is 0 Å². The monoisotopic (exact) mass is 354 g/mol. The molecule has 2 rings (SSSR count). The summed E-state index contributed by atoms with van der Waals surface area (Å²) in [5.41, 5.74) is 0.453. The highest BCUT2D eigenvalue weighted by molar-refractivity contribution is 9.10. The Bertz CT molecular complexity index is 786. The van der Waals surface area contributed by atoms with Crippen molar-refractivity contribution in [2.75, 3.05) is 4.72 Å². The van der Waals surface area contributed by atoms with Gasteiger partial charge < -0.3 is 4.57 Å². The molecule has 0 saturated carbocycles. The lowest BCUT2D eigenvalue weighted by atomic mass is 10.2. The van der Waals surface area contributed by atoms with Crippen LogP contribution in [0.25, 0.3) is 0 Å². The molecule has 0 spiro atoms. The maximum atomic E-state index is 12.2. The third kappa shape index (κ3) is 2.84. The summed E-state index contributed by atoms with van der Waals surface area (Å²) in [6.07, 6.45) is 1.42. The number of hydrogen-bond acceptors (Lipinski definition) is 4. The van der Waals surface area contributed by atoms with Crippen molar-refractivity contribution in [1.29, 1.82) is 5.26 Å². The van der Waals surface area contributed by atoms with E-state index in [0.29, 0.717) is 10.3 Å². The quantitative estimate of drug-likeness (QED) is 0.914. The van der Waals surface area contributed by atoms with Crippen molar-refractivity contribution in [2.24, 2.45) is 7.05 Å². The van der Waals surface area contributed by atoms with Crippen LogP contribution in [0.15, 0.2) is 33.9 Å². The van der Waals surface area contributed by atoms with E-state index in [-0.39, 0.29) is 16.3 Å². The predicted molar refractivity (Wildman–Crippen MR) is 77.6 cm³/mol. The lowest BCUT2D eigenvalue weighted by molar-refractivity contribution is 0.598. The number of aromatic nitrogens is 2. The van der Waals surface area contributed by atoms with Crippen molar-refractivity contribution in [1.82, 2.24) is 9.55 Å². The van der Waals surface area contributed by atoms with Gasteiger partial charge in [0.15, 0.2) is 5.03 Å². The molecule has 1 heterocycles. The topological polar surface area (TPSA) is 87.8 Å². The highest BCUT2D eigenvalue weighted by atomic mass is 79.9. The lowest BCUT2D eigenvalue weighted by Gasteiger charge is -2.07. The number of nitrogens with zero attached hydrogens (tertiary/aromatic N) is 3. The molecule has 0 aliphatic carbocycles. The van der Waals surface area contributed by atoms with E-state index in [0.717, 1.165) is 0 Å². The van der Waals surface area contributed by atoms with Crippen LogP contribution in [0.1, 0.15) is 11.4 Å². The van der Waals surface area contributed by atoms with Crippen LogP contribution in [0.3, 0.4) is 0 Å². The molecule has 0 unspecified atom stereocenters. The molecular weight excluding hydrogens is 344 g/mol. The molecule has 6 nitrogen and oxygen atoms in total. The maximum absolute atomic E-state index is 12.2. The summed E-state index contributed by atoms with van der Waals surface area (Å²) >= 11 is 3.23. The molecule has 0 amide bonds. The van der Waals surface area contributed by atoms with Crippen LogP contribution in [0.4, 0.5) is 5.69 Å². The van der Waals surface area contributed by atoms with Crippen LogP contribution in [0.2, 0.25) is 0 Å². The second-order valence-electron chi connectivity index (χ2n) is 4.14. The molecule has 104 valence electrons. The molecule has 0 saturated heterocycles. The standard InChI is InChI=1S/C12H11BrN4O2S/c1-8-15-12(7-17(8)2)20(18,19)16-11-4-3-10(13)5-9(11)6-14/h3-5,7,16H,1-2H3. The van der Waals surface area contributed by atoms with E-state index in [4.69, 9.17) is 5.26 Å². The van der Waals surface area contributed by atoms with Gasteiger partial charge in [-0.3, -0.25) is 4.72 Å². The first-order valence-corrected chi connectivity index (χ1v) is 7.83. The fourth-order valence-electron chi connectivity index (χ4n) is 1.55. The fourth-order valence-corrected chi connectivity index (χ4v) is 3.03. The zero-order chi connectivity index (χ0) is 14.9. The van der Waals surface area contributed by atoms with Crippen LogP contribution in [-0.4, -0.2) is 18.0 Å². The van der Waals surface area contributed by atoms with Crippen molar-refractivity contribution in [3.63, 3.8) is 0 Å². The Morgan fingerprint density at radius 2 is 2.15 bits per heavy atom. The minimum atomic E-state index is -3.81. The van der Waals surface area contributed by atoms with Crippen molar-refractivity contribution < 1.29 is 8.42 Å². The first-order valence-electron chi connectivity index (χ1n) is 5.56. The Labute approximate surface area is 125 Å². The van der Waals surface area contributed by atoms with Crippen molar-refractivity contribution in [3.8, 4) is 6.07 Å². The van der Waals surface area contributed by atoms with Gasteiger partial charge in [0.05, 0.1) is 11.3 Å². The van der Waals surface area contributed by atoms with E-state index in [9.17, 15) is 8.42 Å². The molecule has 0 radical (unpaired) electrons. The summed E-state index contributed by atoms with van der Waals surface area (Å²) in [6.45, 7) is 1.71. The minimum Gasteiger partial charge on any atom is -0.337 e. The molecule has 0 atom stereocenters. The number of imidazole rings is 1. The molecule has 1 aromatic heterocycles. The van der Waals surface area contributed by atoms with Gasteiger partial charge in [-0.15, -0.1) is 0 Å². The fraction of sp³-hybridized carbons (Fsp3) is 0.167. The molecule has 1 N–H and O–H groups in total. The molecular formula is C12H11BrN4O2S. The number of anilines is 1. The molecule has 2 aromatic rings. The number of halogens is 1. The van der Waals surface area contributed by atoms with Crippen LogP contribution < -0.4 is 4.72 Å². The van der Waals surface area contributed by atoms with Crippen LogP contribution in [0.5, 0.6) is 0 Å². The summed E-state index contributed by atoms with van der Waals surface area (Å²) in [5, 5.41) is 8.95. The number of benzene rings is 1. The average molecular weight is 355 g/mol. The molecule has 0 bridgehead atoms. The smallest absolute Gasteiger partial charge is 0.280 e. The minimum absolute atomic E-state index is 0.0793. The van der Waals surface area contributed by atoms with E-state index < -0.39 is 10.0 Å². The van der Waals surface area contributed by atoms with Gasteiger partial charge in [-0.05, 0) is 25.1 Å². The van der Waals surface area contributed by atoms with E-state index in [2.05, 4.69) is 25.6 Å². The third-order valence-electron chi connectivity index (χ3n) is 2.71. The largest absolute Gasteiger partial charge is 0.337 e. The van der Waals surface area contributed by atoms with Gasteiger partial charge >= 0.3 is 0 Å². The number of nitrogens with one attached hydrogen (secondary N) is 1. The van der Waals surface area contributed by atoms with Crippen molar-refractivity contribution in [2.45, 2.75) is 11.9 Å². The van der Waals surface area contributed by atoms with Gasteiger partial charge in [0, 0.05) is 17.7 Å². The summed E-state index contributed by atoms with van der Waals surface area (Å²) in [6, 6.07) is 6.67. The number of aryl methyl sites for hydroxylation is 2. The zero-order valence-electron chi connectivity index (χ0n) is 10.8. The molecule has 20 heavy (non-hydrogen) atoms. The highest BCUT2D eigenvalue weighted by Gasteiger charge is 2.20. The number of nitriles is 1. The van der Waals surface area contributed by atoms with E-state index >= 15 is 0 Å². The van der Waals surface area contributed by atoms with Gasteiger partial charge in [-0.25, -0.2) is 4.98 Å². The van der Waals surface area contributed by atoms with Crippen molar-refractivity contribution in [3.05, 3.63) is 40.3 Å². The third-order valence-corrected chi connectivity index (χ3v) is 4.44. The van der Waals surface area contributed by atoms with E-state index in [1.807, 2.05) is 6.07 Å². The molecule has 0 aliphatic rings. The Hall–Kier alpha value is -1.85. The Kier molecular flexibility index (Phi) is 3.83. The average Bonchev–Trinajstić information content (AvgIpc) is 2.72. The Morgan fingerprint density at radius 1 is 1.45 bits per heavy atom. The molecule has 1 aromatic carbocycles. The summed E-state index contributed by atoms with van der Waals surface area (Å²) in [7, 11) is -2.10. The van der Waals surface area contributed by atoms with Gasteiger partial charge in [0.25, 0.3) is 10.0 Å². The molecule has 8 heteroatoms. The van der Waals surface area contributed by atoms with E-state index in [1.54, 1.807) is 30.7 Å². The first-order chi connectivity index (χ1) is 9.33. The second-order valence-corrected chi connectivity index (χ2v) is 6.69. The van der Waals surface area contributed by atoms with Gasteiger partial charge in [0.1, 0.15) is 11.9 Å². The van der Waals surface area contributed by atoms with Crippen LogP contribution >= 0.6 is 15.9 Å². The van der Waals surface area contributed by atoms with Gasteiger partial charge in [-0.1, -0.05) is 15.9 Å². The second kappa shape index (κ2) is 5.26. The highest BCUT2D eigenvalue weighted by Crippen LogP contribution is 2.23. The maximum Gasteiger partial charge on any atom is 0.280 e. The molecule has 0 fully saturated rings. The summed E-state index contributed by atoms with van der Waals surface area (Å²) < 4.78 is 29.1. The normalized spacial score (nSPS) is 11.1. The summed E-state index contributed by atoms with van der Waals surface area (Å²) in [4.78, 5) is 3.97. The van der Waals surface area contributed by atoms with Crippen LogP contribution in [0, 0.1) is 18.3 Å². The zero-order valence-corrected chi connectivity index (χ0v) is 13.2. The van der Waals surface area contributed by atoms with Gasteiger partial charge in [-0.2, -0.15) is 13.7 Å². The molecule has 0 aliphatic heterocycles.